The number of methoxy groups -OCH3 is 2. The van der Waals surface area contributed by atoms with E-state index in [1.165, 1.54) is 25.3 Å². The molecule has 0 aliphatic heterocycles. The number of benzene rings is 3. The average molecular weight is 490 g/mol. The highest BCUT2D eigenvalue weighted by Crippen LogP contribution is 2.31. The van der Waals surface area contributed by atoms with Crippen LogP contribution in [0.25, 0.3) is 11.6 Å². The smallest absolute Gasteiger partial charge is 0.337 e. The molecule has 3 aromatic carbocycles. The topological polar surface area (TPSA) is 94.1 Å². The van der Waals surface area contributed by atoms with Crippen molar-refractivity contribution in [3.05, 3.63) is 83.4 Å². The average Bonchev–Trinajstić information content (AvgIpc) is 2.91. The van der Waals surface area contributed by atoms with E-state index in [0.717, 1.165) is 24.8 Å². The van der Waals surface area contributed by atoms with Crippen LogP contribution >= 0.6 is 0 Å². The van der Waals surface area contributed by atoms with Gasteiger partial charge in [0.25, 0.3) is 5.91 Å². The number of nitrogens with one attached hydrogen (secondary N) is 1. The van der Waals surface area contributed by atoms with E-state index in [9.17, 15) is 14.7 Å². The molecule has 0 atom stereocenters. The maximum atomic E-state index is 13.3. The maximum absolute atomic E-state index is 13.3. The van der Waals surface area contributed by atoms with Crippen molar-refractivity contribution in [3.8, 4) is 17.2 Å². The zero-order valence-electron chi connectivity index (χ0n) is 20.7. The van der Waals surface area contributed by atoms with Gasteiger partial charge in [-0.05, 0) is 54.0 Å². The standard InChI is InChI=1S/C29H31NO6/c1-4-5-9-16-36-26-15-12-20(18-27(26)34-2)17-23(21-10-7-6-8-11-21)28(32)30-24-14-13-22(19-25(24)31)29(33)35-3/h6-8,10-15,17-19,31H,4-5,9,16H2,1-3H3,(H,30,32)/b23-17+. The second-order valence-corrected chi connectivity index (χ2v) is 8.07. The Morgan fingerprint density at radius 3 is 2.36 bits per heavy atom. The molecule has 7 nitrogen and oxygen atoms in total. The van der Waals surface area contributed by atoms with Gasteiger partial charge in [0.2, 0.25) is 0 Å². The number of rotatable bonds is 11. The molecule has 3 aromatic rings. The molecule has 0 aliphatic rings. The Labute approximate surface area is 211 Å². The maximum Gasteiger partial charge on any atom is 0.337 e. The molecular weight excluding hydrogens is 458 g/mol. The lowest BCUT2D eigenvalue weighted by Gasteiger charge is -2.13. The predicted molar refractivity (Wildman–Crippen MR) is 140 cm³/mol. The van der Waals surface area contributed by atoms with Gasteiger partial charge in [-0.1, -0.05) is 56.2 Å². The molecule has 36 heavy (non-hydrogen) atoms. The van der Waals surface area contributed by atoms with Crippen LogP contribution in [0.1, 0.15) is 47.7 Å². The summed E-state index contributed by atoms with van der Waals surface area (Å²) in [7, 11) is 2.83. The van der Waals surface area contributed by atoms with Crippen molar-refractivity contribution in [1.82, 2.24) is 0 Å². The van der Waals surface area contributed by atoms with Gasteiger partial charge >= 0.3 is 5.97 Å². The van der Waals surface area contributed by atoms with Gasteiger partial charge < -0.3 is 24.6 Å². The summed E-state index contributed by atoms with van der Waals surface area (Å²) in [6.07, 6.45) is 4.92. The van der Waals surface area contributed by atoms with Crippen LogP contribution in [0.15, 0.2) is 66.7 Å². The number of aromatic hydroxyl groups is 1. The number of anilines is 1. The van der Waals surface area contributed by atoms with Crippen LogP contribution in [0.2, 0.25) is 0 Å². The van der Waals surface area contributed by atoms with Crippen LogP contribution in [0.4, 0.5) is 5.69 Å². The number of unbranched alkanes of at least 4 members (excludes halogenated alkanes) is 2. The molecule has 7 heteroatoms. The van der Waals surface area contributed by atoms with Crippen molar-refractivity contribution in [2.24, 2.45) is 0 Å². The van der Waals surface area contributed by atoms with E-state index in [1.54, 1.807) is 13.2 Å². The lowest BCUT2D eigenvalue weighted by atomic mass is 10.0. The quantitative estimate of drug-likeness (QED) is 0.114. The van der Waals surface area contributed by atoms with Crippen LogP contribution in [0.3, 0.4) is 0 Å². The fourth-order valence-corrected chi connectivity index (χ4v) is 3.56. The molecule has 0 radical (unpaired) electrons. The van der Waals surface area contributed by atoms with Crippen LogP contribution < -0.4 is 14.8 Å². The van der Waals surface area contributed by atoms with Crippen LogP contribution in [-0.2, 0) is 9.53 Å². The number of hydrogen-bond acceptors (Lipinski definition) is 6. The molecule has 0 aromatic heterocycles. The zero-order valence-corrected chi connectivity index (χ0v) is 20.7. The Morgan fingerprint density at radius 2 is 1.69 bits per heavy atom. The highest BCUT2D eigenvalue weighted by molar-refractivity contribution is 6.29. The number of hydrogen-bond donors (Lipinski definition) is 2. The Kier molecular flexibility index (Phi) is 9.51. The number of amides is 1. The second kappa shape index (κ2) is 13.0. The molecule has 188 valence electrons. The van der Waals surface area contributed by atoms with E-state index in [-0.39, 0.29) is 17.0 Å². The monoisotopic (exact) mass is 489 g/mol. The molecule has 3 rings (SSSR count). The number of phenolic OH excluding ortho intramolecular Hbond substituents is 1. The first-order valence-electron chi connectivity index (χ1n) is 11.8. The zero-order chi connectivity index (χ0) is 25.9. The summed E-state index contributed by atoms with van der Waals surface area (Å²) < 4.78 is 16.0. The highest BCUT2D eigenvalue weighted by atomic mass is 16.5. The first kappa shape index (κ1) is 26.3. The summed E-state index contributed by atoms with van der Waals surface area (Å²) in [4.78, 5) is 25.0. The third-order valence-corrected chi connectivity index (χ3v) is 5.50. The number of carbonyl (C=O) groups excluding carboxylic acids is 2. The fourth-order valence-electron chi connectivity index (χ4n) is 3.56. The van der Waals surface area contributed by atoms with Gasteiger partial charge in [0.1, 0.15) is 5.75 Å². The minimum absolute atomic E-state index is 0.169. The molecule has 0 saturated carbocycles. The largest absolute Gasteiger partial charge is 0.506 e. The van der Waals surface area contributed by atoms with E-state index in [2.05, 4.69) is 17.0 Å². The fraction of sp³-hybridized carbons (Fsp3) is 0.241. The van der Waals surface area contributed by atoms with Gasteiger partial charge in [0.15, 0.2) is 11.5 Å². The Morgan fingerprint density at radius 1 is 0.917 bits per heavy atom. The van der Waals surface area contributed by atoms with E-state index in [0.29, 0.717) is 29.2 Å². The summed E-state index contributed by atoms with van der Waals surface area (Å²) in [5, 5.41) is 13.1. The normalized spacial score (nSPS) is 11.0. The van der Waals surface area contributed by atoms with Crippen LogP contribution in [0, 0.1) is 0 Å². The van der Waals surface area contributed by atoms with Gasteiger partial charge in [0.05, 0.1) is 32.1 Å². The molecule has 0 unspecified atom stereocenters. The second-order valence-electron chi connectivity index (χ2n) is 8.07. The van der Waals surface area contributed by atoms with Crippen molar-refractivity contribution in [3.63, 3.8) is 0 Å². The summed E-state index contributed by atoms with van der Waals surface area (Å²) in [6, 6.07) is 18.9. The van der Waals surface area contributed by atoms with Gasteiger partial charge in [-0.25, -0.2) is 4.79 Å². The van der Waals surface area contributed by atoms with Gasteiger partial charge in [-0.15, -0.1) is 0 Å². The molecule has 1 amide bonds. The van der Waals surface area contributed by atoms with E-state index >= 15 is 0 Å². The number of esters is 1. The molecular formula is C29H31NO6. The summed E-state index contributed by atoms with van der Waals surface area (Å²) in [5.74, 6) is -0.0398. The van der Waals surface area contributed by atoms with E-state index in [4.69, 9.17) is 9.47 Å². The third-order valence-electron chi connectivity index (χ3n) is 5.50. The van der Waals surface area contributed by atoms with Crippen molar-refractivity contribution >= 4 is 29.2 Å². The van der Waals surface area contributed by atoms with Crippen molar-refractivity contribution in [2.75, 3.05) is 26.1 Å². The van der Waals surface area contributed by atoms with Crippen molar-refractivity contribution in [1.29, 1.82) is 0 Å². The summed E-state index contributed by atoms with van der Waals surface area (Å²) in [5.41, 5.74) is 2.16. The van der Waals surface area contributed by atoms with Gasteiger partial charge in [0, 0.05) is 5.57 Å². The third kappa shape index (κ3) is 6.88. The number of phenols is 1. The van der Waals surface area contributed by atoms with E-state index in [1.807, 2.05) is 48.5 Å². The molecule has 0 heterocycles. The SMILES string of the molecule is CCCCCOc1ccc(/C=C(/C(=O)Nc2ccc(C(=O)OC)cc2O)c2ccccc2)cc1OC. The first-order chi connectivity index (χ1) is 17.5. The molecule has 0 saturated heterocycles. The van der Waals surface area contributed by atoms with Crippen molar-refractivity contribution < 1.29 is 28.9 Å². The minimum atomic E-state index is -0.584. The Bertz CT molecular complexity index is 1220. The van der Waals surface area contributed by atoms with E-state index < -0.39 is 11.9 Å². The minimum Gasteiger partial charge on any atom is -0.506 e. The highest BCUT2D eigenvalue weighted by Gasteiger charge is 2.16. The van der Waals surface area contributed by atoms with Gasteiger partial charge in [-0.2, -0.15) is 0 Å². The molecule has 0 spiro atoms. The molecule has 0 fully saturated rings. The molecule has 0 bridgehead atoms. The van der Waals surface area contributed by atoms with Crippen LogP contribution in [0.5, 0.6) is 17.2 Å². The number of ether oxygens (including phenoxy) is 3. The van der Waals surface area contributed by atoms with Gasteiger partial charge in [-0.3, -0.25) is 4.79 Å². The molecule has 2 N–H and O–H groups in total. The predicted octanol–water partition coefficient (Wildman–Crippen LogP) is 5.94. The number of carbonyl (C=O) groups is 2. The lowest BCUT2D eigenvalue weighted by Crippen LogP contribution is -2.14. The van der Waals surface area contributed by atoms with Crippen LogP contribution in [-0.4, -0.2) is 37.8 Å². The first-order valence-corrected chi connectivity index (χ1v) is 11.8. The lowest BCUT2D eigenvalue weighted by molar-refractivity contribution is -0.111. The summed E-state index contributed by atoms with van der Waals surface area (Å²) >= 11 is 0. The Hall–Kier alpha value is -4.26. The summed E-state index contributed by atoms with van der Waals surface area (Å²) in [6.45, 7) is 2.75. The Balaban J connectivity index is 1.90. The molecule has 0 aliphatic carbocycles. The van der Waals surface area contributed by atoms with Crippen molar-refractivity contribution in [2.45, 2.75) is 26.2 Å².